The third-order valence-corrected chi connectivity index (χ3v) is 1.70. The molecule has 0 aromatic heterocycles. The van der Waals surface area contributed by atoms with Crippen molar-refractivity contribution >= 4 is 5.78 Å². The summed E-state index contributed by atoms with van der Waals surface area (Å²) >= 11 is 0. The Labute approximate surface area is 114 Å². The molecular formula is C16H31NO. The van der Waals surface area contributed by atoms with E-state index in [1.54, 1.807) is 0 Å². The van der Waals surface area contributed by atoms with Crippen molar-refractivity contribution in [3.8, 4) is 0 Å². The Morgan fingerprint density at radius 2 is 1.39 bits per heavy atom. The zero-order chi connectivity index (χ0) is 14.8. The molecule has 1 aromatic rings. The van der Waals surface area contributed by atoms with Crippen molar-refractivity contribution in [2.24, 2.45) is 0 Å². The maximum Gasteiger partial charge on any atom is 0.164 e. The predicted octanol–water partition coefficient (Wildman–Crippen LogP) is 4.56. The van der Waals surface area contributed by atoms with Gasteiger partial charge in [0.1, 0.15) is 0 Å². The van der Waals surface area contributed by atoms with Crippen molar-refractivity contribution in [3.05, 3.63) is 35.9 Å². The Morgan fingerprint density at radius 3 is 1.78 bits per heavy atom. The van der Waals surface area contributed by atoms with Crippen LogP contribution in [0, 0.1) is 0 Å². The van der Waals surface area contributed by atoms with Crippen LogP contribution in [0.25, 0.3) is 0 Å². The minimum absolute atomic E-state index is 0.199. The highest BCUT2D eigenvalue weighted by Crippen LogP contribution is 2.01. The van der Waals surface area contributed by atoms with Crippen LogP contribution >= 0.6 is 0 Å². The molecule has 0 aliphatic carbocycles. The number of benzene rings is 1. The predicted molar refractivity (Wildman–Crippen MR) is 83.4 cm³/mol. The first-order chi connectivity index (χ1) is 8.84. The van der Waals surface area contributed by atoms with E-state index in [0.717, 1.165) is 12.1 Å². The van der Waals surface area contributed by atoms with Gasteiger partial charge in [0, 0.05) is 18.5 Å². The lowest BCUT2D eigenvalue weighted by Crippen LogP contribution is -2.12. The average Bonchev–Trinajstić information content (AvgIpc) is 2.51. The summed E-state index contributed by atoms with van der Waals surface area (Å²) in [5.41, 5.74) is 0.799. The molecule has 0 heterocycles. The van der Waals surface area contributed by atoms with E-state index in [0.29, 0.717) is 6.42 Å². The largest absolute Gasteiger partial charge is 0.319 e. The van der Waals surface area contributed by atoms with Crippen molar-refractivity contribution < 1.29 is 4.79 Å². The number of nitrogens with one attached hydrogen (secondary N) is 1. The minimum Gasteiger partial charge on any atom is -0.319 e. The molecule has 2 heteroatoms. The normalized spacial score (nSPS) is 7.50. The van der Waals surface area contributed by atoms with E-state index in [1.807, 2.05) is 78.9 Å². The van der Waals surface area contributed by atoms with Crippen LogP contribution in [0.3, 0.4) is 0 Å². The number of carbonyl (C=O) groups excluding carboxylic acids is 1. The highest BCUT2D eigenvalue weighted by molar-refractivity contribution is 5.96. The fraction of sp³-hybridized carbons (Fsp3) is 0.562. The molecule has 0 unspecified atom stereocenters. The van der Waals surface area contributed by atoms with Gasteiger partial charge in [0.05, 0.1) is 0 Å². The van der Waals surface area contributed by atoms with Crippen LogP contribution in [-0.2, 0) is 0 Å². The van der Waals surface area contributed by atoms with Crippen LogP contribution in [0.5, 0.6) is 0 Å². The van der Waals surface area contributed by atoms with Crippen LogP contribution in [0.2, 0.25) is 0 Å². The summed E-state index contributed by atoms with van der Waals surface area (Å²) in [5.74, 6) is 0.199. The van der Waals surface area contributed by atoms with Gasteiger partial charge in [-0.1, -0.05) is 71.9 Å². The van der Waals surface area contributed by atoms with Gasteiger partial charge in [0.25, 0.3) is 0 Å². The molecular weight excluding hydrogens is 222 g/mol. The molecule has 106 valence electrons. The molecule has 1 aromatic carbocycles. The van der Waals surface area contributed by atoms with Crippen LogP contribution in [0.4, 0.5) is 0 Å². The summed E-state index contributed by atoms with van der Waals surface area (Å²) in [4.78, 5) is 11.4. The fourth-order valence-electron chi connectivity index (χ4n) is 1.01. The van der Waals surface area contributed by atoms with Crippen molar-refractivity contribution in [2.45, 2.75) is 48.0 Å². The third-order valence-electron chi connectivity index (χ3n) is 1.70. The summed E-state index contributed by atoms with van der Waals surface area (Å²) in [6.07, 6.45) is 0.570. The van der Waals surface area contributed by atoms with Crippen molar-refractivity contribution in [3.63, 3.8) is 0 Å². The summed E-state index contributed by atoms with van der Waals surface area (Å²) in [6.45, 7) is 12.7. The average molecular weight is 253 g/mol. The van der Waals surface area contributed by atoms with Gasteiger partial charge in [-0.3, -0.25) is 4.79 Å². The van der Waals surface area contributed by atoms with Gasteiger partial charge in [-0.2, -0.15) is 0 Å². The molecule has 0 saturated carbocycles. The molecule has 0 fully saturated rings. The first-order valence-electron chi connectivity index (χ1n) is 7.07. The standard InChI is InChI=1S/C10H13NO.3C2H6/c1-11-8-7-10(12)9-5-3-2-4-6-9;3*1-2/h2-6,11H,7-8H2,1H3;3*1-2H3. The smallest absolute Gasteiger partial charge is 0.164 e. The monoisotopic (exact) mass is 253 g/mol. The molecule has 0 saturated heterocycles. The van der Waals surface area contributed by atoms with Gasteiger partial charge in [-0.15, -0.1) is 0 Å². The number of carbonyl (C=O) groups is 1. The highest BCUT2D eigenvalue weighted by atomic mass is 16.1. The van der Waals surface area contributed by atoms with E-state index in [2.05, 4.69) is 5.32 Å². The molecule has 0 aliphatic heterocycles. The van der Waals surface area contributed by atoms with Gasteiger partial charge in [-0.25, -0.2) is 0 Å². The Balaban J connectivity index is -0.000000328. The van der Waals surface area contributed by atoms with E-state index in [9.17, 15) is 4.79 Å². The topological polar surface area (TPSA) is 29.1 Å². The highest BCUT2D eigenvalue weighted by Gasteiger charge is 2.02. The number of hydrogen-bond acceptors (Lipinski definition) is 2. The quantitative estimate of drug-likeness (QED) is 0.797. The number of rotatable bonds is 4. The molecule has 0 bridgehead atoms. The van der Waals surface area contributed by atoms with E-state index >= 15 is 0 Å². The van der Waals surface area contributed by atoms with Gasteiger partial charge < -0.3 is 5.32 Å². The second kappa shape index (κ2) is 21.2. The molecule has 0 radical (unpaired) electrons. The fourth-order valence-corrected chi connectivity index (χ4v) is 1.01. The molecule has 1 N–H and O–H groups in total. The molecule has 1 rings (SSSR count). The van der Waals surface area contributed by atoms with Crippen molar-refractivity contribution in [1.82, 2.24) is 5.32 Å². The summed E-state index contributed by atoms with van der Waals surface area (Å²) in [6, 6.07) is 9.37. The lowest BCUT2D eigenvalue weighted by atomic mass is 10.1. The number of Topliss-reactive ketones (excluding diaryl/α,β-unsaturated/α-hetero) is 1. The molecule has 2 nitrogen and oxygen atoms in total. The third kappa shape index (κ3) is 12.9. The molecule has 0 atom stereocenters. The second-order valence-corrected chi connectivity index (χ2v) is 2.64. The Morgan fingerprint density at radius 1 is 0.944 bits per heavy atom. The number of hydrogen-bond donors (Lipinski definition) is 1. The maximum atomic E-state index is 11.4. The van der Waals surface area contributed by atoms with E-state index in [1.165, 1.54) is 0 Å². The van der Waals surface area contributed by atoms with Crippen LogP contribution in [0.1, 0.15) is 58.3 Å². The van der Waals surface area contributed by atoms with E-state index in [4.69, 9.17) is 0 Å². The molecule has 0 amide bonds. The molecule has 0 aliphatic rings. The SMILES string of the molecule is CC.CC.CC.CNCCC(=O)c1ccccc1. The number of ketones is 1. The van der Waals surface area contributed by atoms with Crippen molar-refractivity contribution in [2.75, 3.05) is 13.6 Å². The zero-order valence-electron chi connectivity index (χ0n) is 13.2. The van der Waals surface area contributed by atoms with Gasteiger partial charge in [-0.05, 0) is 7.05 Å². The van der Waals surface area contributed by atoms with Gasteiger partial charge in [0.2, 0.25) is 0 Å². The van der Waals surface area contributed by atoms with Crippen molar-refractivity contribution in [1.29, 1.82) is 0 Å². The Kier molecular flexibility index (Phi) is 26.0. The molecule has 0 spiro atoms. The van der Waals surface area contributed by atoms with Gasteiger partial charge >= 0.3 is 0 Å². The van der Waals surface area contributed by atoms with Crippen LogP contribution in [-0.4, -0.2) is 19.4 Å². The molecule has 18 heavy (non-hydrogen) atoms. The summed E-state index contributed by atoms with van der Waals surface area (Å²) in [7, 11) is 1.85. The Bertz CT molecular complexity index is 245. The maximum absolute atomic E-state index is 11.4. The first kappa shape index (κ1) is 22.1. The second-order valence-electron chi connectivity index (χ2n) is 2.64. The summed E-state index contributed by atoms with van der Waals surface area (Å²) < 4.78 is 0. The van der Waals surface area contributed by atoms with Crippen LogP contribution < -0.4 is 5.32 Å². The lowest BCUT2D eigenvalue weighted by Gasteiger charge is -1.98. The summed E-state index contributed by atoms with van der Waals surface area (Å²) in [5, 5.41) is 2.95. The van der Waals surface area contributed by atoms with Crippen LogP contribution in [0.15, 0.2) is 30.3 Å². The minimum atomic E-state index is 0.199. The Hall–Kier alpha value is -1.15. The van der Waals surface area contributed by atoms with E-state index in [-0.39, 0.29) is 5.78 Å². The van der Waals surface area contributed by atoms with E-state index < -0.39 is 0 Å². The zero-order valence-corrected chi connectivity index (χ0v) is 13.2. The van der Waals surface area contributed by atoms with Gasteiger partial charge in [0.15, 0.2) is 5.78 Å². The lowest BCUT2D eigenvalue weighted by molar-refractivity contribution is 0.0983. The first-order valence-corrected chi connectivity index (χ1v) is 7.07.